The summed E-state index contributed by atoms with van der Waals surface area (Å²) in [5.41, 5.74) is 0.515. The molecule has 9 nitrogen and oxygen atoms in total. The molecule has 2 atom stereocenters. The van der Waals surface area contributed by atoms with Crippen LogP contribution in [0.25, 0.3) is 11.3 Å². The lowest BCUT2D eigenvalue weighted by Gasteiger charge is -2.49. The summed E-state index contributed by atoms with van der Waals surface area (Å²) < 4.78 is 7.21. The highest BCUT2D eigenvalue weighted by molar-refractivity contribution is 6.43. The van der Waals surface area contributed by atoms with E-state index < -0.39 is 17.2 Å². The molecule has 4 heterocycles. The van der Waals surface area contributed by atoms with Crippen LogP contribution in [0.1, 0.15) is 40.2 Å². The van der Waals surface area contributed by atoms with Gasteiger partial charge in [0.2, 0.25) is 0 Å². The largest absolute Gasteiger partial charge is 0.444 e. The molecule has 6 rings (SSSR count). The number of carbonyl (C=O) groups is 2. The number of rotatable bonds is 5. The summed E-state index contributed by atoms with van der Waals surface area (Å²) in [7, 11) is 0. The summed E-state index contributed by atoms with van der Waals surface area (Å²) in [5.74, 6) is -0.0626. The van der Waals surface area contributed by atoms with E-state index in [1.54, 1.807) is 27.9 Å². The Morgan fingerprint density at radius 3 is 2.16 bits per heavy atom. The monoisotopic (exact) mass is 624 g/mol. The first-order chi connectivity index (χ1) is 20.2. The number of nitrogens with zero attached hydrogens (tertiary/aromatic N) is 6. The van der Waals surface area contributed by atoms with E-state index in [2.05, 4.69) is 53.3 Å². The molecule has 0 radical (unpaired) electrons. The van der Waals surface area contributed by atoms with Crippen molar-refractivity contribution in [3.63, 3.8) is 0 Å². The third kappa shape index (κ3) is 5.29. The van der Waals surface area contributed by atoms with Crippen molar-refractivity contribution in [2.75, 3.05) is 39.3 Å². The van der Waals surface area contributed by atoms with Gasteiger partial charge in [0.05, 0.1) is 29.3 Å². The van der Waals surface area contributed by atoms with Gasteiger partial charge in [-0.1, -0.05) is 84.7 Å². The van der Waals surface area contributed by atoms with Crippen LogP contribution in [0.5, 0.6) is 0 Å². The molecule has 0 spiro atoms. The summed E-state index contributed by atoms with van der Waals surface area (Å²) in [6.45, 7) is 14.3. The normalized spacial score (nSPS) is 25.0. The van der Waals surface area contributed by atoms with Crippen LogP contribution in [0.15, 0.2) is 54.7 Å². The first kappa shape index (κ1) is 29.9. The number of hydrogen-bond acceptors (Lipinski definition) is 6. The molecule has 0 saturated carbocycles. The van der Waals surface area contributed by atoms with E-state index in [0.717, 1.165) is 19.6 Å². The third-order valence-electron chi connectivity index (χ3n) is 9.33. The van der Waals surface area contributed by atoms with Crippen molar-refractivity contribution in [3.05, 3.63) is 70.3 Å². The zero-order valence-corrected chi connectivity index (χ0v) is 26.8. The van der Waals surface area contributed by atoms with Gasteiger partial charge in [-0.2, -0.15) is 0 Å². The second-order valence-electron chi connectivity index (χ2n) is 13.9. The molecule has 2 aromatic carbocycles. The lowest BCUT2D eigenvalue weighted by Crippen LogP contribution is -2.71. The summed E-state index contributed by atoms with van der Waals surface area (Å²) in [6, 6.07) is 15.8. The molecule has 3 aliphatic rings. The van der Waals surface area contributed by atoms with E-state index in [1.165, 1.54) is 5.56 Å². The summed E-state index contributed by atoms with van der Waals surface area (Å²) >= 11 is 12.7. The second-order valence-corrected chi connectivity index (χ2v) is 14.7. The third-order valence-corrected chi connectivity index (χ3v) is 10.2. The Morgan fingerprint density at radius 1 is 0.884 bits per heavy atom. The van der Waals surface area contributed by atoms with Crippen LogP contribution in [0.4, 0.5) is 4.79 Å². The Bertz CT molecular complexity index is 1530. The number of benzene rings is 2. The van der Waals surface area contributed by atoms with Gasteiger partial charge >= 0.3 is 6.09 Å². The van der Waals surface area contributed by atoms with Crippen LogP contribution in [-0.2, 0) is 21.6 Å². The fourth-order valence-electron chi connectivity index (χ4n) is 6.91. The van der Waals surface area contributed by atoms with E-state index in [-0.39, 0.29) is 29.8 Å². The molecule has 0 aliphatic carbocycles. The van der Waals surface area contributed by atoms with Crippen molar-refractivity contribution >= 4 is 35.2 Å². The van der Waals surface area contributed by atoms with Crippen LogP contribution >= 0.6 is 23.2 Å². The number of fused-ring (bicyclic) bond motifs is 1. The first-order valence-electron chi connectivity index (χ1n) is 14.6. The number of amides is 2. The van der Waals surface area contributed by atoms with Gasteiger partial charge in [-0.15, -0.1) is 5.10 Å². The molecule has 1 aromatic heterocycles. The van der Waals surface area contributed by atoms with Crippen molar-refractivity contribution in [3.8, 4) is 11.3 Å². The average molecular weight is 626 g/mol. The summed E-state index contributed by atoms with van der Waals surface area (Å²) in [5, 5.41) is 9.56. The van der Waals surface area contributed by atoms with Gasteiger partial charge in [0.15, 0.2) is 5.54 Å². The smallest absolute Gasteiger partial charge is 0.410 e. The molecule has 3 aromatic rings. The first-order valence-corrected chi connectivity index (χ1v) is 15.4. The molecule has 228 valence electrons. The minimum Gasteiger partial charge on any atom is -0.444 e. The van der Waals surface area contributed by atoms with E-state index in [0.29, 0.717) is 34.4 Å². The van der Waals surface area contributed by atoms with E-state index in [4.69, 9.17) is 27.9 Å². The van der Waals surface area contributed by atoms with E-state index >= 15 is 0 Å². The minimum absolute atomic E-state index is 0.0626. The molecule has 43 heavy (non-hydrogen) atoms. The number of carbonyl (C=O) groups excluding carboxylic acids is 2. The van der Waals surface area contributed by atoms with Gasteiger partial charge in [0.25, 0.3) is 5.91 Å². The molecule has 0 bridgehead atoms. The molecular weight excluding hydrogens is 587 g/mol. The van der Waals surface area contributed by atoms with Gasteiger partial charge in [-0.05, 0) is 32.4 Å². The van der Waals surface area contributed by atoms with Gasteiger partial charge in [-0.3, -0.25) is 9.69 Å². The van der Waals surface area contributed by atoms with Gasteiger partial charge in [0, 0.05) is 49.1 Å². The van der Waals surface area contributed by atoms with Crippen molar-refractivity contribution in [2.45, 2.75) is 52.3 Å². The average Bonchev–Trinajstić information content (AvgIpc) is 3.54. The highest BCUT2D eigenvalue weighted by Crippen LogP contribution is 2.53. The molecule has 11 heteroatoms. The Labute approximate surface area is 262 Å². The Morgan fingerprint density at radius 2 is 1.53 bits per heavy atom. The number of hydrogen-bond donors (Lipinski definition) is 0. The van der Waals surface area contributed by atoms with Crippen molar-refractivity contribution < 1.29 is 14.3 Å². The lowest BCUT2D eigenvalue weighted by molar-refractivity contribution is -0.151. The van der Waals surface area contributed by atoms with Crippen molar-refractivity contribution in [2.24, 2.45) is 10.8 Å². The van der Waals surface area contributed by atoms with Crippen LogP contribution in [0.2, 0.25) is 10.0 Å². The van der Waals surface area contributed by atoms with Crippen LogP contribution in [-0.4, -0.2) is 86.6 Å². The second kappa shape index (κ2) is 10.5. The molecule has 2 unspecified atom stereocenters. The Kier molecular flexibility index (Phi) is 7.30. The number of halogens is 2. The van der Waals surface area contributed by atoms with Gasteiger partial charge < -0.3 is 14.5 Å². The Hall–Kier alpha value is -3.14. The molecule has 3 aliphatic heterocycles. The maximum absolute atomic E-state index is 14.6. The lowest BCUT2D eigenvalue weighted by atomic mass is 9.71. The maximum atomic E-state index is 14.6. The minimum atomic E-state index is -1.11. The predicted molar refractivity (Wildman–Crippen MR) is 166 cm³/mol. The van der Waals surface area contributed by atoms with Gasteiger partial charge in [0.1, 0.15) is 11.3 Å². The molecule has 3 fully saturated rings. The Balaban J connectivity index is 1.26. The van der Waals surface area contributed by atoms with Crippen LogP contribution < -0.4 is 0 Å². The number of aromatic nitrogens is 3. The van der Waals surface area contributed by atoms with E-state index in [9.17, 15) is 9.59 Å². The quantitative estimate of drug-likeness (QED) is 0.369. The highest BCUT2D eigenvalue weighted by Gasteiger charge is 2.63. The molecular formula is C32H38Cl2N6O3. The van der Waals surface area contributed by atoms with Crippen molar-refractivity contribution in [1.29, 1.82) is 0 Å². The van der Waals surface area contributed by atoms with Crippen molar-refractivity contribution in [1.82, 2.24) is 29.7 Å². The highest BCUT2D eigenvalue weighted by atomic mass is 35.5. The zero-order chi connectivity index (χ0) is 30.8. The number of likely N-dealkylation sites (tertiary alicyclic amines) is 3. The zero-order valence-electron chi connectivity index (χ0n) is 25.3. The fourth-order valence-corrected chi connectivity index (χ4v) is 7.31. The van der Waals surface area contributed by atoms with Gasteiger partial charge in [-0.25, -0.2) is 9.48 Å². The molecule has 2 amide bonds. The predicted octanol–water partition coefficient (Wildman–Crippen LogP) is 5.57. The molecule has 0 N–H and O–H groups in total. The topological polar surface area (TPSA) is 83.8 Å². The summed E-state index contributed by atoms with van der Waals surface area (Å²) in [4.78, 5) is 33.5. The number of ether oxygens (including phenoxy) is 1. The van der Waals surface area contributed by atoms with Crippen LogP contribution in [0, 0.1) is 10.8 Å². The maximum Gasteiger partial charge on any atom is 0.410 e. The summed E-state index contributed by atoms with van der Waals surface area (Å²) in [6.07, 6.45) is 1.27. The SMILES string of the molecule is CC(C)(C)OC(=O)N1CC(C(=O)N2CC3(C)CN(Cc4ccccc4)CC3(C)C2)(n2cc(-c3cccc(Cl)c3Cl)nn2)C1. The van der Waals surface area contributed by atoms with E-state index in [1.807, 2.05) is 37.8 Å². The fraction of sp³-hybridized carbons (Fsp3) is 0.500. The standard InChI is InChI=1S/C32H38Cl2N6O3/c1-29(2,3)43-28(42)39-20-32(21-39,40-15-25(35-36-40)23-12-9-13-24(33)26(23)34)27(41)38-18-30(4)16-37(17-31(30,5)19-38)14-22-10-7-6-8-11-22/h6-13,15H,14,16-21H2,1-5H3. The molecule has 3 saturated heterocycles. The van der Waals surface area contributed by atoms with Crippen LogP contribution in [0.3, 0.4) is 0 Å².